The van der Waals surface area contributed by atoms with Crippen molar-refractivity contribution in [3.05, 3.63) is 101 Å². The highest BCUT2D eigenvalue weighted by molar-refractivity contribution is 5.74. The molecule has 0 amide bonds. The number of carbonyl (C=O) groups is 2. The molecule has 0 saturated heterocycles. The van der Waals surface area contributed by atoms with Crippen LogP contribution in [0.2, 0.25) is 0 Å². The maximum atomic E-state index is 12.3. The number of carbonyl (C=O) groups excluding carboxylic acids is 2. The molecular weight excluding hydrogens is 438 g/mol. The van der Waals surface area contributed by atoms with Crippen molar-refractivity contribution in [3.63, 3.8) is 0 Å². The Hall–Kier alpha value is -3.28. The van der Waals surface area contributed by atoms with Crippen LogP contribution in [0.4, 0.5) is 0 Å². The van der Waals surface area contributed by atoms with Crippen molar-refractivity contribution in [2.45, 2.75) is 57.2 Å². The number of nitrogens with zero attached hydrogens (tertiary/aromatic N) is 1. The number of rotatable bonds is 11. The van der Waals surface area contributed by atoms with Crippen molar-refractivity contribution >= 4 is 12.3 Å². The van der Waals surface area contributed by atoms with Gasteiger partial charge in [0.05, 0.1) is 6.04 Å². The van der Waals surface area contributed by atoms with Gasteiger partial charge < -0.3 is 14.6 Å². The van der Waals surface area contributed by atoms with Gasteiger partial charge in [-0.15, -0.1) is 0 Å². The van der Waals surface area contributed by atoms with E-state index in [4.69, 9.17) is 9.84 Å². The number of benzene rings is 3. The van der Waals surface area contributed by atoms with Crippen LogP contribution in [0.5, 0.6) is 5.75 Å². The van der Waals surface area contributed by atoms with Gasteiger partial charge in [0.2, 0.25) is 0 Å². The Morgan fingerprint density at radius 1 is 0.971 bits per heavy atom. The molecule has 0 aliphatic heterocycles. The predicted octanol–water partition coefficient (Wildman–Crippen LogP) is 5.05. The molecule has 4 rings (SSSR count). The SMILES string of the molecule is O=CC(CCC1CCCc2c(OC(=O)CO)cccc21)N(Cc1ccccc1)Cc1ccccc1. The third kappa shape index (κ3) is 6.65. The lowest BCUT2D eigenvalue weighted by Gasteiger charge is -2.31. The van der Waals surface area contributed by atoms with Crippen LogP contribution in [0.1, 0.15) is 53.9 Å². The fraction of sp³-hybridized carbons (Fsp3) is 0.333. The quantitative estimate of drug-likeness (QED) is 0.241. The van der Waals surface area contributed by atoms with E-state index in [2.05, 4.69) is 35.2 Å². The Bertz CT molecular complexity index is 1060. The van der Waals surface area contributed by atoms with Gasteiger partial charge in [-0.1, -0.05) is 72.8 Å². The van der Waals surface area contributed by atoms with Gasteiger partial charge in [0, 0.05) is 13.1 Å². The summed E-state index contributed by atoms with van der Waals surface area (Å²) in [7, 11) is 0. The molecule has 0 saturated carbocycles. The first-order valence-electron chi connectivity index (χ1n) is 12.4. The van der Waals surface area contributed by atoms with Crippen molar-refractivity contribution < 1.29 is 19.4 Å². The van der Waals surface area contributed by atoms with E-state index in [9.17, 15) is 9.59 Å². The third-order valence-corrected chi connectivity index (χ3v) is 6.84. The van der Waals surface area contributed by atoms with E-state index in [-0.39, 0.29) is 6.04 Å². The molecule has 0 aromatic heterocycles. The van der Waals surface area contributed by atoms with Crippen LogP contribution in [0.3, 0.4) is 0 Å². The molecule has 0 heterocycles. The normalized spacial score (nSPS) is 15.9. The molecule has 1 N–H and O–H groups in total. The zero-order valence-corrected chi connectivity index (χ0v) is 20.0. The first-order valence-corrected chi connectivity index (χ1v) is 12.4. The van der Waals surface area contributed by atoms with E-state index >= 15 is 0 Å². The fourth-order valence-corrected chi connectivity index (χ4v) is 5.10. The summed E-state index contributed by atoms with van der Waals surface area (Å²) >= 11 is 0. The predicted molar refractivity (Wildman–Crippen MR) is 136 cm³/mol. The van der Waals surface area contributed by atoms with Gasteiger partial charge in [0.1, 0.15) is 18.6 Å². The van der Waals surface area contributed by atoms with Crippen LogP contribution in [-0.2, 0) is 29.1 Å². The highest BCUT2D eigenvalue weighted by Crippen LogP contribution is 2.39. The number of hydrogen-bond donors (Lipinski definition) is 1. The Labute approximate surface area is 207 Å². The second-order valence-corrected chi connectivity index (χ2v) is 9.20. The van der Waals surface area contributed by atoms with Crippen LogP contribution in [0.15, 0.2) is 78.9 Å². The molecule has 5 nitrogen and oxygen atoms in total. The zero-order chi connectivity index (χ0) is 24.5. The van der Waals surface area contributed by atoms with Crippen LogP contribution in [0.25, 0.3) is 0 Å². The molecule has 0 spiro atoms. The smallest absolute Gasteiger partial charge is 0.337 e. The average Bonchev–Trinajstić information content (AvgIpc) is 2.90. The maximum absolute atomic E-state index is 12.3. The van der Waals surface area contributed by atoms with E-state index in [0.29, 0.717) is 24.8 Å². The molecule has 2 atom stereocenters. The maximum Gasteiger partial charge on any atom is 0.337 e. The van der Waals surface area contributed by atoms with Gasteiger partial charge in [-0.3, -0.25) is 4.90 Å². The van der Waals surface area contributed by atoms with Gasteiger partial charge in [0.15, 0.2) is 0 Å². The summed E-state index contributed by atoms with van der Waals surface area (Å²) in [5.41, 5.74) is 4.63. The highest BCUT2D eigenvalue weighted by atomic mass is 16.5. The number of fused-ring (bicyclic) bond motifs is 1. The van der Waals surface area contributed by atoms with E-state index in [0.717, 1.165) is 44.0 Å². The van der Waals surface area contributed by atoms with Crippen molar-refractivity contribution in [2.75, 3.05) is 6.61 Å². The molecule has 0 radical (unpaired) electrons. The molecule has 3 aromatic rings. The lowest BCUT2D eigenvalue weighted by Crippen LogP contribution is -2.36. The minimum absolute atomic E-state index is 0.198. The molecule has 1 aliphatic rings. The zero-order valence-electron chi connectivity index (χ0n) is 20.0. The monoisotopic (exact) mass is 471 g/mol. The second kappa shape index (κ2) is 12.4. The number of aldehydes is 1. The molecule has 35 heavy (non-hydrogen) atoms. The van der Waals surface area contributed by atoms with E-state index in [1.54, 1.807) is 6.07 Å². The molecule has 182 valence electrons. The summed E-state index contributed by atoms with van der Waals surface area (Å²) in [6, 6.07) is 26.2. The molecule has 1 aliphatic carbocycles. The lowest BCUT2D eigenvalue weighted by molar-refractivity contribution is -0.137. The van der Waals surface area contributed by atoms with Gasteiger partial charge in [-0.05, 0) is 66.3 Å². The minimum Gasteiger partial charge on any atom is -0.425 e. The largest absolute Gasteiger partial charge is 0.425 e. The number of aliphatic hydroxyl groups is 1. The van der Waals surface area contributed by atoms with Gasteiger partial charge in [-0.25, -0.2) is 4.79 Å². The van der Waals surface area contributed by atoms with Gasteiger partial charge in [-0.2, -0.15) is 0 Å². The summed E-state index contributed by atoms with van der Waals surface area (Å²) < 4.78 is 5.37. The first kappa shape index (κ1) is 24.8. The van der Waals surface area contributed by atoms with Crippen LogP contribution < -0.4 is 4.74 Å². The number of aliphatic hydroxyl groups excluding tert-OH is 1. The minimum atomic E-state index is -0.640. The molecule has 0 fully saturated rings. The topological polar surface area (TPSA) is 66.8 Å². The summed E-state index contributed by atoms with van der Waals surface area (Å²) in [5, 5.41) is 9.08. The van der Waals surface area contributed by atoms with E-state index in [1.165, 1.54) is 16.7 Å². The Kier molecular flexibility index (Phi) is 8.82. The Balaban J connectivity index is 1.50. The van der Waals surface area contributed by atoms with Crippen molar-refractivity contribution in [1.82, 2.24) is 4.90 Å². The molecule has 3 aromatic carbocycles. The Morgan fingerprint density at radius 2 is 1.63 bits per heavy atom. The van der Waals surface area contributed by atoms with Crippen LogP contribution in [-0.4, -0.2) is 34.9 Å². The highest BCUT2D eigenvalue weighted by Gasteiger charge is 2.26. The van der Waals surface area contributed by atoms with Crippen molar-refractivity contribution in [3.8, 4) is 5.75 Å². The van der Waals surface area contributed by atoms with Gasteiger partial charge in [0.25, 0.3) is 0 Å². The number of esters is 1. The number of hydrogen-bond acceptors (Lipinski definition) is 5. The molecule has 2 unspecified atom stereocenters. The van der Waals surface area contributed by atoms with E-state index < -0.39 is 12.6 Å². The summed E-state index contributed by atoms with van der Waals surface area (Å²) in [6.45, 7) is 0.788. The third-order valence-electron chi connectivity index (χ3n) is 6.84. The van der Waals surface area contributed by atoms with Crippen LogP contribution >= 0.6 is 0 Å². The van der Waals surface area contributed by atoms with Crippen molar-refractivity contribution in [2.24, 2.45) is 0 Å². The molecule has 0 bridgehead atoms. The lowest BCUT2D eigenvalue weighted by atomic mass is 9.79. The number of ether oxygens (including phenoxy) is 1. The van der Waals surface area contributed by atoms with Gasteiger partial charge >= 0.3 is 5.97 Å². The summed E-state index contributed by atoms with van der Waals surface area (Å²) in [5.74, 6) is 0.219. The summed E-state index contributed by atoms with van der Waals surface area (Å²) in [6.07, 6.45) is 5.64. The second-order valence-electron chi connectivity index (χ2n) is 9.20. The molecule has 5 heteroatoms. The fourth-order valence-electron chi connectivity index (χ4n) is 5.10. The average molecular weight is 472 g/mol. The molecular formula is C30H33NO4. The van der Waals surface area contributed by atoms with E-state index in [1.807, 2.05) is 42.5 Å². The first-order chi connectivity index (χ1) is 17.2. The van der Waals surface area contributed by atoms with Crippen LogP contribution in [0, 0.1) is 0 Å². The Morgan fingerprint density at radius 3 is 2.23 bits per heavy atom. The summed E-state index contributed by atoms with van der Waals surface area (Å²) in [4.78, 5) is 26.3. The standard InChI is InChI=1S/C30H33NO4/c32-21-26(31(19-23-9-3-1-4-10-23)20-24-11-5-2-6-12-24)18-17-25-13-7-15-28-27(25)14-8-16-29(28)35-30(34)22-33/h1-6,8-12,14,16,21,25-26,33H,7,13,15,17-20,22H2. The van der Waals surface area contributed by atoms with Crippen molar-refractivity contribution in [1.29, 1.82) is 0 Å².